The third-order valence-electron chi connectivity index (χ3n) is 2.88. The normalized spacial score (nSPS) is 13.4. The first-order valence-corrected chi connectivity index (χ1v) is 7.96. The molecule has 1 atom stereocenters. The van der Waals surface area contributed by atoms with Crippen LogP contribution in [0.15, 0.2) is 23.6 Å². The fraction of sp³-hybridized carbons (Fsp3) is 0.231. The molecule has 0 saturated carbocycles. The van der Waals surface area contributed by atoms with E-state index >= 15 is 0 Å². The van der Waals surface area contributed by atoms with Gasteiger partial charge in [-0.3, -0.25) is 0 Å². The van der Waals surface area contributed by atoms with Crippen molar-refractivity contribution in [2.24, 2.45) is 5.73 Å². The van der Waals surface area contributed by atoms with Gasteiger partial charge >= 0.3 is 0 Å². The van der Waals surface area contributed by atoms with Crippen molar-refractivity contribution in [3.05, 3.63) is 43.8 Å². The summed E-state index contributed by atoms with van der Waals surface area (Å²) in [6, 6.07) is 6.66. The summed E-state index contributed by atoms with van der Waals surface area (Å²) in [6.45, 7) is 4.30. The van der Waals surface area contributed by atoms with E-state index in [1.54, 1.807) is 11.3 Å². The Bertz CT molecular complexity index is 631. The van der Waals surface area contributed by atoms with E-state index in [9.17, 15) is 0 Å². The molecule has 4 heteroatoms. The van der Waals surface area contributed by atoms with E-state index in [-0.39, 0.29) is 6.04 Å². The van der Waals surface area contributed by atoms with E-state index in [0.29, 0.717) is 0 Å². The van der Waals surface area contributed by atoms with Gasteiger partial charge in [0.2, 0.25) is 0 Å². The maximum absolute atomic E-state index is 6.38. The number of thiophene rings is 3. The first-order chi connectivity index (χ1) is 8.15. The average molecular weight is 279 g/mol. The smallest absolute Gasteiger partial charge is 0.0657 e. The Morgan fingerprint density at radius 1 is 1.12 bits per heavy atom. The molecule has 3 rings (SSSR count). The molecule has 0 fully saturated rings. The summed E-state index contributed by atoms with van der Waals surface area (Å²) in [4.78, 5) is 3.95. The molecule has 0 saturated heterocycles. The number of fused-ring (bicyclic) bond motifs is 1. The molecular formula is C13H13NS3. The third-order valence-corrected chi connectivity index (χ3v) is 6.04. The van der Waals surface area contributed by atoms with Crippen molar-refractivity contribution >= 4 is 43.4 Å². The van der Waals surface area contributed by atoms with Crippen LogP contribution in [0.5, 0.6) is 0 Å². The maximum atomic E-state index is 6.38. The highest BCUT2D eigenvalue weighted by Gasteiger charge is 2.16. The summed E-state index contributed by atoms with van der Waals surface area (Å²) in [7, 11) is 0. The molecule has 1 unspecified atom stereocenters. The number of nitrogens with two attached hydrogens (primary N) is 1. The van der Waals surface area contributed by atoms with Crippen molar-refractivity contribution in [3.63, 3.8) is 0 Å². The van der Waals surface area contributed by atoms with Gasteiger partial charge in [0, 0.05) is 24.0 Å². The molecule has 0 bridgehead atoms. The molecule has 1 nitrogen and oxygen atoms in total. The van der Waals surface area contributed by atoms with Crippen LogP contribution in [-0.2, 0) is 0 Å². The van der Waals surface area contributed by atoms with Crippen LogP contribution >= 0.6 is 34.0 Å². The fourth-order valence-electron chi connectivity index (χ4n) is 2.05. The Labute approximate surface area is 113 Å². The second kappa shape index (κ2) is 4.21. The second-order valence-corrected chi connectivity index (χ2v) is 7.67. The zero-order valence-electron chi connectivity index (χ0n) is 9.69. The van der Waals surface area contributed by atoms with Gasteiger partial charge in [-0.25, -0.2) is 0 Å². The Hall–Kier alpha value is -0.680. The zero-order valence-corrected chi connectivity index (χ0v) is 12.1. The van der Waals surface area contributed by atoms with Crippen molar-refractivity contribution in [3.8, 4) is 0 Å². The van der Waals surface area contributed by atoms with Gasteiger partial charge in [-0.15, -0.1) is 34.0 Å². The van der Waals surface area contributed by atoms with E-state index in [1.165, 1.54) is 29.6 Å². The van der Waals surface area contributed by atoms with E-state index in [1.807, 2.05) is 22.7 Å². The van der Waals surface area contributed by atoms with Gasteiger partial charge in [0.1, 0.15) is 0 Å². The first kappa shape index (κ1) is 11.4. The van der Waals surface area contributed by atoms with Crippen LogP contribution in [-0.4, -0.2) is 0 Å². The molecule has 0 radical (unpaired) electrons. The number of aryl methyl sites for hydroxylation is 2. The predicted molar refractivity (Wildman–Crippen MR) is 79.5 cm³/mol. The summed E-state index contributed by atoms with van der Waals surface area (Å²) in [5.74, 6) is 0. The van der Waals surface area contributed by atoms with Crippen LogP contribution in [0.3, 0.4) is 0 Å². The van der Waals surface area contributed by atoms with Crippen molar-refractivity contribution < 1.29 is 0 Å². The highest BCUT2D eigenvalue weighted by atomic mass is 32.1. The number of hydrogen-bond donors (Lipinski definition) is 1. The molecule has 3 aromatic rings. The van der Waals surface area contributed by atoms with Crippen LogP contribution in [0.2, 0.25) is 0 Å². The maximum Gasteiger partial charge on any atom is 0.0657 e. The van der Waals surface area contributed by atoms with Gasteiger partial charge in [-0.2, -0.15) is 0 Å². The molecule has 17 heavy (non-hydrogen) atoms. The lowest BCUT2D eigenvalue weighted by molar-refractivity contribution is 0.891. The minimum absolute atomic E-state index is 0.0320. The topological polar surface area (TPSA) is 26.0 Å². The highest BCUT2D eigenvalue weighted by molar-refractivity contribution is 7.27. The minimum Gasteiger partial charge on any atom is -0.320 e. The first-order valence-electron chi connectivity index (χ1n) is 5.44. The Balaban J connectivity index is 2.04. The summed E-state index contributed by atoms with van der Waals surface area (Å²) >= 11 is 5.43. The average Bonchev–Trinajstić information content (AvgIpc) is 2.90. The van der Waals surface area contributed by atoms with Gasteiger partial charge in [-0.1, -0.05) is 0 Å². The van der Waals surface area contributed by atoms with Crippen molar-refractivity contribution in [2.45, 2.75) is 19.9 Å². The molecule has 0 aliphatic carbocycles. The summed E-state index contributed by atoms with van der Waals surface area (Å²) in [5, 5.41) is 2.14. The molecule has 0 aliphatic heterocycles. The van der Waals surface area contributed by atoms with Crippen LogP contribution in [0.4, 0.5) is 0 Å². The summed E-state index contributed by atoms with van der Waals surface area (Å²) < 4.78 is 2.70. The van der Waals surface area contributed by atoms with Gasteiger partial charge < -0.3 is 5.73 Å². The molecule has 3 aromatic heterocycles. The van der Waals surface area contributed by atoms with E-state index in [4.69, 9.17) is 5.73 Å². The van der Waals surface area contributed by atoms with E-state index < -0.39 is 0 Å². The lowest BCUT2D eigenvalue weighted by atomic mass is 10.1. The van der Waals surface area contributed by atoms with Crippen molar-refractivity contribution in [2.75, 3.05) is 0 Å². The second-order valence-electron chi connectivity index (χ2n) is 4.14. The molecule has 0 amide bonds. The molecule has 2 N–H and O–H groups in total. The Kier molecular flexibility index (Phi) is 2.83. The summed E-state index contributed by atoms with van der Waals surface area (Å²) in [6.07, 6.45) is 0. The fourth-order valence-corrected chi connectivity index (χ4v) is 5.16. The largest absolute Gasteiger partial charge is 0.320 e. The standard InChI is InChI=1S/C13H13NS3/c1-7-5-9(8(2)16-7)13(14)12-6-11-10(17-12)3-4-15-11/h3-6,13H,14H2,1-2H3. The van der Waals surface area contributed by atoms with Crippen LogP contribution in [0.1, 0.15) is 26.2 Å². The van der Waals surface area contributed by atoms with E-state index in [0.717, 1.165) is 0 Å². The van der Waals surface area contributed by atoms with Gasteiger partial charge in [-0.05, 0) is 43.0 Å². The third kappa shape index (κ3) is 1.95. The lowest BCUT2D eigenvalue weighted by Gasteiger charge is -2.08. The molecule has 88 valence electrons. The number of rotatable bonds is 2. The highest BCUT2D eigenvalue weighted by Crippen LogP contribution is 2.37. The van der Waals surface area contributed by atoms with Crippen LogP contribution < -0.4 is 5.73 Å². The van der Waals surface area contributed by atoms with Crippen molar-refractivity contribution in [1.29, 1.82) is 0 Å². The van der Waals surface area contributed by atoms with E-state index in [2.05, 4.69) is 37.4 Å². The quantitative estimate of drug-likeness (QED) is 0.723. The minimum atomic E-state index is 0.0320. The Morgan fingerprint density at radius 2 is 1.94 bits per heavy atom. The summed E-state index contributed by atoms with van der Waals surface area (Å²) in [5.41, 5.74) is 7.65. The molecule has 3 heterocycles. The van der Waals surface area contributed by atoms with Crippen molar-refractivity contribution in [1.82, 2.24) is 0 Å². The lowest BCUT2D eigenvalue weighted by Crippen LogP contribution is -2.10. The molecule has 0 spiro atoms. The zero-order chi connectivity index (χ0) is 12.0. The van der Waals surface area contributed by atoms with Gasteiger partial charge in [0.15, 0.2) is 0 Å². The number of hydrogen-bond acceptors (Lipinski definition) is 4. The molecular weight excluding hydrogens is 266 g/mol. The van der Waals surface area contributed by atoms with Crippen LogP contribution in [0, 0.1) is 13.8 Å². The van der Waals surface area contributed by atoms with Gasteiger partial charge in [0.05, 0.1) is 6.04 Å². The van der Waals surface area contributed by atoms with Gasteiger partial charge in [0.25, 0.3) is 0 Å². The predicted octanol–water partition coefficient (Wildman–Crippen LogP) is 4.69. The Morgan fingerprint density at radius 3 is 2.59 bits per heavy atom. The molecule has 0 aromatic carbocycles. The molecule has 0 aliphatic rings. The monoisotopic (exact) mass is 279 g/mol. The SMILES string of the molecule is Cc1cc(C(N)c2cc3sccc3s2)c(C)s1. The van der Waals surface area contributed by atoms with Crippen LogP contribution in [0.25, 0.3) is 9.40 Å².